The van der Waals surface area contributed by atoms with Crippen molar-refractivity contribution in [3.63, 3.8) is 0 Å². The van der Waals surface area contributed by atoms with E-state index in [1.54, 1.807) is 6.92 Å². The molecule has 98 valence electrons. The van der Waals surface area contributed by atoms with Gasteiger partial charge in [-0.3, -0.25) is 4.79 Å². The first-order valence-electron chi connectivity index (χ1n) is 6.55. The van der Waals surface area contributed by atoms with Crippen molar-refractivity contribution in [1.82, 2.24) is 0 Å². The number of carbonyl (C=O) groups is 1. The van der Waals surface area contributed by atoms with E-state index in [9.17, 15) is 4.79 Å². The van der Waals surface area contributed by atoms with Crippen LogP contribution in [-0.4, -0.2) is 5.91 Å². The smallest absolute Gasteiger partial charge is 0.244 e. The van der Waals surface area contributed by atoms with E-state index in [2.05, 4.69) is 30.3 Å². The van der Waals surface area contributed by atoms with Crippen molar-refractivity contribution in [2.75, 3.05) is 0 Å². The maximum atomic E-state index is 11.2. The molecule has 1 amide bonds. The van der Waals surface area contributed by atoms with Gasteiger partial charge in [0.15, 0.2) is 0 Å². The van der Waals surface area contributed by atoms with Crippen LogP contribution < -0.4 is 5.73 Å². The van der Waals surface area contributed by atoms with Crippen LogP contribution in [0.15, 0.2) is 60.2 Å². The van der Waals surface area contributed by atoms with Crippen molar-refractivity contribution < 1.29 is 4.79 Å². The number of primary amides is 1. The highest BCUT2D eigenvalue weighted by atomic mass is 16.1. The van der Waals surface area contributed by atoms with Gasteiger partial charge in [0, 0.05) is 5.57 Å². The summed E-state index contributed by atoms with van der Waals surface area (Å²) in [6, 6.07) is 18.7. The molecule has 0 saturated carbocycles. The van der Waals surface area contributed by atoms with Crippen LogP contribution in [0.5, 0.6) is 0 Å². The minimum atomic E-state index is -0.386. The third kappa shape index (κ3) is 2.16. The second kappa shape index (κ2) is 4.82. The molecule has 0 atom stereocenters. The van der Waals surface area contributed by atoms with Crippen molar-refractivity contribution in [3.05, 3.63) is 65.7 Å². The van der Waals surface area contributed by atoms with Gasteiger partial charge in [-0.15, -0.1) is 0 Å². The first kappa shape index (κ1) is 12.4. The summed E-state index contributed by atoms with van der Waals surface area (Å²) in [5.74, 6) is -0.386. The Kier molecular flexibility index (Phi) is 2.99. The molecule has 0 saturated heterocycles. The van der Waals surface area contributed by atoms with E-state index in [0.29, 0.717) is 5.57 Å². The molecule has 2 N–H and O–H groups in total. The first-order chi connectivity index (χ1) is 9.65. The highest BCUT2D eigenvalue weighted by molar-refractivity contribution is 6.04. The van der Waals surface area contributed by atoms with Gasteiger partial charge < -0.3 is 5.73 Å². The van der Waals surface area contributed by atoms with Crippen LogP contribution in [0.3, 0.4) is 0 Å². The third-order valence-corrected chi connectivity index (χ3v) is 3.54. The molecule has 0 bridgehead atoms. The molecule has 0 spiro atoms. The predicted octanol–water partition coefficient (Wildman–Crippen LogP) is 3.88. The fourth-order valence-corrected chi connectivity index (χ4v) is 2.42. The maximum Gasteiger partial charge on any atom is 0.244 e. The SMILES string of the molecule is CC(=Cc1cccc2cc3ccccc3cc12)C(N)=O. The van der Waals surface area contributed by atoms with Gasteiger partial charge in [-0.1, -0.05) is 42.5 Å². The highest BCUT2D eigenvalue weighted by Crippen LogP contribution is 2.26. The summed E-state index contributed by atoms with van der Waals surface area (Å²) in [5.41, 5.74) is 6.89. The lowest BCUT2D eigenvalue weighted by molar-refractivity contribution is -0.114. The van der Waals surface area contributed by atoms with Gasteiger partial charge in [0.05, 0.1) is 0 Å². The Hall–Kier alpha value is -2.61. The minimum Gasteiger partial charge on any atom is -0.366 e. The molecule has 3 aromatic carbocycles. The van der Waals surface area contributed by atoms with Crippen molar-refractivity contribution >= 4 is 33.5 Å². The molecular formula is C18H15NO. The molecule has 0 aliphatic heterocycles. The molecule has 2 nitrogen and oxygen atoms in total. The first-order valence-corrected chi connectivity index (χ1v) is 6.55. The number of rotatable bonds is 2. The van der Waals surface area contributed by atoms with E-state index in [1.165, 1.54) is 10.8 Å². The molecule has 0 heterocycles. The molecule has 0 radical (unpaired) electrons. The van der Waals surface area contributed by atoms with E-state index < -0.39 is 0 Å². The highest BCUT2D eigenvalue weighted by Gasteiger charge is 2.03. The number of nitrogens with two attached hydrogens (primary N) is 1. The Morgan fingerprint density at radius 1 is 0.950 bits per heavy atom. The quantitative estimate of drug-likeness (QED) is 0.552. The maximum absolute atomic E-state index is 11.2. The molecule has 3 rings (SSSR count). The lowest BCUT2D eigenvalue weighted by Gasteiger charge is -2.06. The zero-order chi connectivity index (χ0) is 14.1. The zero-order valence-corrected chi connectivity index (χ0v) is 11.3. The lowest BCUT2D eigenvalue weighted by atomic mass is 9.98. The Labute approximate surface area is 117 Å². The molecule has 0 aliphatic carbocycles. The number of benzene rings is 3. The minimum absolute atomic E-state index is 0.386. The molecule has 0 aromatic heterocycles. The van der Waals surface area contributed by atoms with Crippen molar-refractivity contribution in [2.45, 2.75) is 6.92 Å². The summed E-state index contributed by atoms with van der Waals surface area (Å²) in [4.78, 5) is 11.2. The van der Waals surface area contributed by atoms with Crippen LogP contribution in [0.25, 0.3) is 27.6 Å². The number of carbonyl (C=O) groups excluding carboxylic acids is 1. The van der Waals surface area contributed by atoms with Crippen LogP contribution in [0.1, 0.15) is 12.5 Å². The van der Waals surface area contributed by atoms with E-state index >= 15 is 0 Å². The molecule has 0 aliphatic rings. The Bertz CT molecular complexity index is 846. The van der Waals surface area contributed by atoms with E-state index in [1.807, 2.05) is 30.3 Å². The van der Waals surface area contributed by atoms with Gasteiger partial charge in [-0.25, -0.2) is 0 Å². The summed E-state index contributed by atoms with van der Waals surface area (Å²) in [6.45, 7) is 1.74. The largest absolute Gasteiger partial charge is 0.366 e. The topological polar surface area (TPSA) is 43.1 Å². The van der Waals surface area contributed by atoms with Gasteiger partial charge >= 0.3 is 0 Å². The fraction of sp³-hybridized carbons (Fsp3) is 0.0556. The van der Waals surface area contributed by atoms with Gasteiger partial charge in [0.2, 0.25) is 5.91 Å². The summed E-state index contributed by atoms with van der Waals surface area (Å²) in [5, 5.41) is 4.70. The lowest BCUT2D eigenvalue weighted by Crippen LogP contribution is -2.11. The summed E-state index contributed by atoms with van der Waals surface area (Å²) in [6.07, 6.45) is 1.85. The van der Waals surface area contributed by atoms with Gasteiger partial charge in [-0.2, -0.15) is 0 Å². The van der Waals surface area contributed by atoms with Crippen LogP contribution in [0, 0.1) is 0 Å². The third-order valence-electron chi connectivity index (χ3n) is 3.54. The summed E-state index contributed by atoms with van der Waals surface area (Å²) < 4.78 is 0. The van der Waals surface area contributed by atoms with E-state index in [0.717, 1.165) is 16.3 Å². The van der Waals surface area contributed by atoms with E-state index in [-0.39, 0.29) is 5.91 Å². The van der Waals surface area contributed by atoms with Crippen LogP contribution >= 0.6 is 0 Å². The second-order valence-electron chi connectivity index (χ2n) is 4.96. The molecule has 0 fully saturated rings. The number of hydrogen-bond donors (Lipinski definition) is 1. The second-order valence-corrected chi connectivity index (χ2v) is 4.96. The zero-order valence-electron chi connectivity index (χ0n) is 11.3. The Balaban J connectivity index is 2.31. The predicted molar refractivity (Wildman–Crippen MR) is 84.3 cm³/mol. The van der Waals surface area contributed by atoms with Gasteiger partial charge in [0.25, 0.3) is 0 Å². The molecule has 2 heteroatoms. The standard InChI is InChI=1S/C18H15NO/c1-12(18(19)20)9-15-7-4-8-16-10-13-5-2-3-6-14(13)11-17(15)16/h2-11H,1H3,(H2,19,20). The van der Waals surface area contributed by atoms with Crippen LogP contribution in [0.4, 0.5) is 0 Å². The Morgan fingerprint density at radius 3 is 2.30 bits per heavy atom. The summed E-state index contributed by atoms with van der Waals surface area (Å²) in [7, 11) is 0. The molecule has 3 aromatic rings. The Morgan fingerprint density at radius 2 is 1.60 bits per heavy atom. The average molecular weight is 261 g/mol. The molecular weight excluding hydrogens is 246 g/mol. The fourth-order valence-electron chi connectivity index (χ4n) is 2.42. The normalized spacial score (nSPS) is 11.9. The van der Waals surface area contributed by atoms with Crippen LogP contribution in [-0.2, 0) is 4.79 Å². The van der Waals surface area contributed by atoms with E-state index in [4.69, 9.17) is 5.73 Å². The van der Waals surface area contributed by atoms with Gasteiger partial charge in [-0.05, 0) is 52.2 Å². The van der Waals surface area contributed by atoms with Crippen molar-refractivity contribution in [1.29, 1.82) is 0 Å². The molecule has 0 unspecified atom stereocenters. The number of fused-ring (bicyclic) bond motifs is 2. The van der Waals surface area contributed by atoms with Crippen molar-refractivity contribution in [2.24, 2.45) is 5.73 Å². The monoisotopic (exact) mass is 261 g/mol. The number of hydrogen-bond acceptors (Lipinski definition) is 1. The van der Waals surface area contributed by atoms with Gasteiger partial charge in [0.1, 0.15) is 0 Å². The number of amides is 1. The average Bonchev–Trinajstić information content (AvgIpc) is 2.45. The van der Waals surface area contributed by atoms with Crippen molar-refractivity contribution in [3.8, 4) is 0 Å². The van der Waals surface area contributed by atoms with Crippen LogP contribution in [0.2, 0.25) is 0 Å². The molecule has 20 heavy (non-hydrogen) atoms. The summed E-state index contributed by atoms with van der Waals surface area (Å²) >= 11 is 0.